The van der Waals surface area contributed by atoms with Crippen LogP contribution in [0.5, 0.6) is 0 Å². The highest BCUT2D eigenvalue weighted by atomic mass is 32.1. The summed E-state index contributed by atoms with van der Waals surface area (Å²) in [4.78, 5) is 16.9. The van der Waals surface area contributed by atoms with Crippen LogP contribution in [0.25, 0.3) is 5.95 Å². The van der Waals surface area contributed by atoms with Crippen molar-refractivity contribution in [1.29, 1.82) is 0 Å². The van der Waals surface area contributed by atoms with Gasteiger partial charge in [0, 0.05) is 11.9 Å². The molecule has 8 nitrogen and oxygen atoms in total. The molecular weight excluding hydrogens is 288 g/mol. The van der Waals surface area contributed by atoms with Gasteiger partial charge in [-0.3, -0.25) is 0 Å². The normalized spacial score (nSPS) is 10.5. The van der Waals surface area contributed by atoms with Crippen LogP contribution in [0.1, 0.15) is 13.3 Å². The summed E-state index contributed by atoms with van der Waals surface area (Å²) in [5, 5.41) is 14.3. The third kappa shape index (κ3) is 3.31. The summed E-state index contributed by atoms with van der Waals surface area (Å²) in [5.74, 6) is 1.39. The topological polar surface area (TPSA) is 93.4 Å². The van der Waals surface area contributed by atoms with E-state index in [9.17, 15) is 0 Å². The first-order chi connectivity index (χ1) is 10.3. The van der Waals surface area contributed by atoms with E-state index in [0.29, 0.717) is 17.8 Å². The number of aromatic nitrogens is 6. The maximum Gasteiger partial charge on any atom is 0.258 e. The van der Waals surface area contributed by atoms with Gasteiger partial charge >= 0.3 is 0 Å². The summed E-state index contributed by atoms with van der Waals surface area (Å²) in [6.45, 7) is 2.87. The average molecular weight is 302 g/mol. The zero-order chi connectivity index (χ0) is 14.5. The summed E-state index contributed by atoms with van der Waals surface area (Å²) in [6, 6.07) is 1.96. The Bertz CT molecular complexity index is 679. The molecular formula is C12H14N8S. The van der Waals surface area contributed by atoms with E-state index >= 15 is 0 Å². The summed E-state index contributed by atoms with van der Waals surface area (Å²) in [6.07, 6.45) is 3.97. The Morgan fingerprint density at radius 1 is 1.24 bits per heavy atom. The van der Waals surface area contributed by atoms with Gasteiger partial charge in [0.25, 0.3) is 5.95 Å². The molecule has 0 fully saturated rings. The maximum absolute atomic E-state index is 4.35. The van der Waals surface area contributed by atoms with Crippen molar-refractivity contribution in [2.45, 2.75) is 13.3 Å². The SMILES string of the molecule is CCCNc1nc(Nc2ccsc2)nc(-n2cncn2)n1. The van der Waals surface area contributed by atoms with Gasteiger partial charge in [0.05, 0.1) is 5.69 Å². The summed E-state index contributed by atoms with van der Waals surface area (Å²) in [7, 11) is 0. The predicted octanol–water partition coefficient (Wildman–Crippen LogP) is 2.08. The number of nitrogens with one attached hydrogen (secondary N) is 2. The Morgan fingerprint density at radius 3 is 2.86 bits per heavy atom. The molecule has 3 rings (SSSR count). The molecule has 2 N–H and O–H groups in total. The largest absolute Gasteiger partial charge is 0.354 e. The Hall–Kier alpha value is -2.55. The highest BCUT2D eigenvalue weighted by Crippen LogP contribution is 2.17. The van der Waals surface area contributed by atoms with Crippen molar-refractivity contribution < 1.29 is 0 Å². The van der Waals surface area contributed by atoms with Crippen molar-refractivity contribution >= 4 is 28.9 Å². The minimum Gasteiger partial charge on any atom is -0.354 e. The minimum atomic E-state index is 0.416. The number of hydrogen-bond donors (Lipinski definition) is 2. The number of thiophene rings is 1. The van der Waals surface area contributed by atoms with Crippen molar-refractivity contribution in [1.82, 2.24) is 29.7 Å². The zero-order valence-corrected chi connectivity index (χ0v) is 12.2. The average Bonchev–Trinajstić information content (AvgIpc) is 3.18. The molecule has 9 heteroatoms. The van der Waals surface area contributed by atoms with E-state index in [1.54, 1.807) is 17.7 Å². The second-order valence-electron chi connectivity index (χ2n) is 4.19. The van der Waals surface area contributed by atoms with Crippen LogP contribution in [-0.4, -0.2) is 36.3 Å². The molecule has 0 aliphatic rings. The number of anilines is 3. The molecule has 0 aromatic carbocycles. The maximum atomic E-state index is 4.35. The van der Waals surface area contributed by atoms with Gasteiger partial charge in [0.1, 0.15) is 12.7 Å². The van der Waals surface area contributed by atoms with Crippen molar-refractivity contribution in [3.05, 3.63) is 29.5 Å². The second-order valence-corrected chi connectivity index (χ2v) is 4.97. The molecule has 3 aromatic heterocycles. The molecule has 0 saturated heterocycles. The van der Waals surface area contributed by atoms with Gasteiger partial charge in [-0.25, -0.2) is 4.98 Å². The van der Waals surface area contributed by atoms with Crippen LogP contribution in [0.15, 0.2) is 29.5 Å². The van der Waals surface area contributed by atoms with E-state index < -0.39 is 0 Å². The highest BCUT2D eigenvalue weighted by Gasteiger charge is 2.09. The number of rotatable bonds is 6. The lowest BCUT2D eigenvalue weighted by Crippen LogP contribution is -2.11. The Kier molecular flexibility index (Phi) is 4.01. The monoisotopic (exact) mass is 302 g/mol. The smallest absolute Gasteiger partial charge is 0.258 e. The van der Waals surface area contributed by atoms with Gasteiger partial charge in [-0.1, -0.05) is 6.92 Å². The van der Waals surface area contributed by atoms with Crippen LogP contribution in [0.4, 0.5) is 17.6 Å². The summed E-state index contributed by atoms with van der Waals surface area (Å²) < 4.78 is 1.50. The van der Waals surface area contributed by atoms with Crippen LogP contribution < -0.4 is 10.6 Å². The molecule has 108 valence electrons. The molecule has 3 heterocycles. The number of nitrogens with zero attached hydrogens (tertiary/aromatic N) is 6. The Balaban J connectivity index is 1.92. The zero-order valence-electron chi connectivity index (χ0n) is 11.4. The molecule has 0 aliphatic carbocycles. The lowest BCUT2D eigenvalue weighted by atomic mass is 10.5. The Labute approximate surface area is 125 Å². The van der Waals surface area contributed by atoms with Gasteiger partial charge < -0.3 is 10.6 Å². The van der Waals surface area contributed by atoms with E-state index in [4.69, 9.17) is 0 Å². The van der Waals surface area contributed by atoms with Gasteiger partial charge in [0.15, 0.2) is 0 Å². The first-order valence-electron chi connectivity index (χ1n) is 6.49. The molecule has 0 bridgehead atoms. The fourth-order valence-electron chi connectivity index (χ4n) is 1.62. The highest BCUT2D eigenvalue weighted by molar-refractivity contribution is 7.08. The second kappa shape index (κ2) is 6.27. The molecule has 0 atom stereocenters. The molecule has 21 heavy (non-hydrogen) atoms. The third-order valence-corrected chi connectivity index (χ3v) is 3.24. The molecule has 0 unspecified atom stereocenters. The summed E-state index contributed by atoms with van der Waals surface area (Å²) >= 11 is 1.60. The van der Waals surface area contributed by atoms with E-state index in [2.05, 4.69) is 42.6 Å². The predicted molar refractivity (Wildman–Crippen MR) is 81.1 cm³/mol. The van der Waals surface area contributed by atoms with E-state index in [1.165, 1.54) is 11.0 Å². The van der Waals surface area contributed by atoms with Crippen LogP contribution in [0.3, 0.4) is 0 Å². The van der Waals surface area contributed by atoms with Crippen LogP contribution in [0.2, 0.25) is 0 Å². The van der Waals surface area contributed by atoms with Crippen molar-refractivity contribution in [3.8, 4) is 5.95 Å². The fourth-order valence-corrected chi connectivity index (χ4v) is 2.20. The van der Waals surface area contributed by atoms with Gasteiger partial charge in [-0.15, -0.1) is 0 Å². The molecule has 0 saturated carbocycles. The van der Waals surface area contributed by atoms with E-state index in [1.807, 2.05) is 16.8 Å². The Morgan fingerprint density at radius 2 is 2.14 bits per heavy atom. The first kappa shape index (κ1) is 13.4. The first-order valence-corrected chi connectivity index (χ1v) is 7.43. The number of hydrogen-bond acceptors (Lipinski definition) is 8. The lowest BCUT2D eigenvalue weighted by molar-refractivity contribution is 0.795. The third-order valence-electron chi connectivity index (χ3n) is 2.56. The quantitative estimate of drug-likeness (QED) is 0.720. The lowest BCUT2D eigenvalue weighted by Gasteiger charge is -2.08. The molecule has 0 aliphatic heterocycles. The molecule has 0 amide bonds. The standard InChI is InChI=1S/C12H14N8S/c1-2-4-14-10-17-11(16-9-3-5-21-6-9)19-12(18-10)20-8-13-7-15-20/h3,5-8H,2,4H2,1H3,(H2,14,16,17,18,19). The van der Waals surface area contributed by atoms with Crippen LogP contribution in [-0.2, 0) is 0 Å². The van der Waals surface area contributed by atoms with Crippen molar-refractivity contribution in [2.75, 3.05) is 17.2 Å². The van der Waals surface area contributed by atoms with Gasteiger partial charge in [0.2, 0.25) is 11.9 Å². The van der Waals surface area contributed by atoms with Gasteiger partial charge in [-0.05, 0) is 17.9 Å². The molecule has 3 aromatic rings. The van der Waals surface area contributed by atoms with Gasteiger partial charge in [-0.2, -0.15) is 36.1 Å². The van der Waals surface area contributed by atoms with Crippen molar-refractivity contribution in [3.63, 3.8) is 0 Å². The minimum absolute atomic E-state index is 0.416. The molecule has 0 spiro atoms. The van der Waals surface area contributed by atoms with E-state index in [0.717, 1.165) is 18.7 Å². The van der Waals surface area contributed by atoms with E-state index in [-0.39, 0.29) is 0 Å². The van der Waals surface area contributed by atoms with Crippen LogP contribution in [0, 0.1) is 0 Å². The molecule has 0 radical (unpaired) electrons. The van der Waals surface area contributed by atoms with Crippen molar-refractivity contribution in [2.24, 2.45) is 0 Å². The fraction of sp³-hybridized carbons (Fsp3) is 0.250. The summed E-state index contributed by atoms with van der Waals surface area (Å²) in [5.41, 5.74) is 0.942. The van der Waals surface area contributed by atoms with Crippen LogP contribution >= 0.6 is 11.3 Å².